The number of aliphatic hydroxyl groups is 1. The molecule has 1 aromatic carbocycles. The van der Waals surface area contributed by atoms with Crippen LogP contribution in [0.2, 0.25) is 0 Å². The maximum atomic E-state index is 9.68. The lowest BCUT2D eigenvalue weighted by molar-refractivity contribution is 0.106. The summed E-state index contributed by atoms with van der Waals surface area (Å²) in [6.07, 6.45) is 2.00. The smallest absolute Gasteiger partial charge is 0.119 e. The van der Waals surface area contributed by atoms with E-state index in [4.69, 9.17) is 9.47 Å². The summed E-state index contributed by atoms with van der Waals surface area (Å²) in [7, 11) is 1.63. The Balaban J connectivity index is 1.68. The SMILES string of the molecule is COc1ccc(OCC(O)CNC2CC2)cc1. The second kappa shape index (κ2) is 5.89. The molecule has 4 nitrogen and oxygen atoms in total. The molecule has 1 unspecified atom stereocenters. The zero-order valence-corrected chi connectivity index (χ0v) is 10.1. The van der Waals surface area contributed by atoms with Crippen molar-refractivity contribution in [1.82, 2.24) is 5.32 Å². The number of ether oxygens (including phenoxy) is 2. The lowest BCUT2D eigenvalue weighted by Gasteiger charge is -2.13. The largest absolute Gasteiger partial charge is 0.497 e. The number of rotatable bonds is 7. The van der Waals surface area contributed by atoms with E-state index in [1.807, 2.05) is 24.3 Å². The van der Waals surface area contributed by atoms with Crippen LogP contribution in [-0.4, -0.2) is 37.5 Å². The van der Waals surface area contributed by atoms with Crippen molar-refractivity contribution in [3.05, 3.63) is 24.3 Å². The molecule has 0 aliphatic heterocycles. The van der Waals surface area contributed by atoms with Crippen molar-refractivity contribution in [2.24, 2.45) is 0 Å². The summed E-state index contributed by atoms with van der Waals surface area (Å²) in [5.41, 5.74) is 0. The molecule has 4 heteroatoms. The second-order valence-electron chi connectivity index (χ2n) is 4.32. The number of benzene rings is 1. The third kappa shape index (κ3) is 4.24. The molecule has 94 valence electrons. The Kier molecular flexibility index (Phi) is 4.23. The first-order valence-electron chi connectivity index (χ1n) is 5.96. The monoisotopic (exact) mass is 237 g/mol. The van der Waals surface area contributed by atoms with E-state index in [1.165, 1.54) is 12.8 Å². The van der Waals surface area contributed by atoms with E-state index in [2.05, 4.69) is 5.32 Å². The van der Waals surface area contributed by atoms with Gasteiger partial charge in [0.1, 0.15) is 24.2 Å². The normalized spacial score (nSPS) is 16.6. The van der Waals surface area contributed by atoms with Gasteiger partial charge in [0.25, 0.3) is 0 Å². The molecule has 1 saturated carbocycles. The lowest BCUT2D eigenvalue weighted by atomic mass is 10.3. The van der Waals surface area contributed by atoms with Crippen LogP contribution in [-0.2, 0) is 0 Å². The van der Waals surface area contributed by atoms with Gasteiger partial charge in [0.15, 0.2) is 0 Å². The molecule has 1 aliphatic carbocycles. The molecule has 0 saturated heterocycles. The van der Waals surface area contributed by atoms with Crippen LogP contribution in [0.5, 0.6) is 11.5 Å². The Bertz CT molecular complexity index is 335. The molecule has 0 spiro atoms. The van der Waals surface area contributed by atoms with Crippen LogP contribution < -0.4 is 14.8 Å². The van der Waals surface area contributed by atoms with E-state index in [0.29, 0.717) is 19.2 Å². The van der Waals surface area contributed by atoms with Crippen LogP contribution in [0.4, 0.5) is 0 Å². The number of nitrogens with one attached hydrogen (secondary N) is 1. The molecular formula is C13H19NO3. The summed E-state index contributed by atoms with van der Waals surface area (Å²) in [5, 5.41) is 12.9. The van der Waals surface area contributed by atoms with Gasteiger partial charge in [-0.2, -0.15) is 0 Å². The van der Waals surface area contributed by atoms with E-state index < -0.39 is 6.10 Å². The third-order valence-corrected chi connectivity index (χ3v) is 2.72. The highest BCUT2D eigenvalue weighted by molar-refractivity contribution is 5.31. The van der Waals surface area contributed by atoms with Crippen LogP contribution in [0.15, 0.2) is 24.3 Å². The third-order valence-electron chi connectivity index (χ3n) is 2.72. The minimum atomic E-state index is -0.460. The zero-order chi connectivity index (χ0) is 12.1. The maximum Gasteiger partial charge on any atom is 0.119 e. The van der Waals surface area contributed by atoms with Crippen molar-refractivity contribution < 1.29 is 14.6 Å². The first kappa shape index (κ1) is 12.2. The van der Waals surface area contributed by atoms with Crippen LogP contribution in [0.1, 0.15) is 12.8 Å². The molecule has 0 heterocycles. The molecule has 0 aromatic heterocycles. The van der Waals surface area contributed by atoms with Gasteiger partial charge in [-0.3, -0.25) is 0 Å². The Morgan fingerprint density at radius 2 is 1.94 bits per heavy atom. The average molecular weight is 237 g/mol. The summed E-state index contributed by atoms with van der Waals surface area (Å²) in [5.74, 6) is 1.55. The number of hydrogen-bond acceptors (Lipinski definition) is 4. The van der Waals surface area contributed by atoms with Crippen molar-refractivity contribution in [3.63, 3.8) is 0 Å². The van der Waals surface area contributed by atoms with Gasteiger partial charge in [0.2, 0.25) is 0 Å². The quantitative estimate of drug-likeness (QED) is 0.748. The molecule has 0 radical (unpaired) electrons. The lowest BCUT2D eigenvalue weighted by Crippen LogP contribution is -2.32. The standard InChI is InChI=1S/C13H19NO3/c1-16-12-4-6-13(7-5-12)17-9-11(15)8-14-10-2-3-10/h4-7,10-11,14-15H,2-3,8-9H2,1H3. The summed E-state index contributed by atoms with van der Waals surface area (Å²) in [4.78, 5) is 0. The van der Waals surface area contributed by atoms with Crippen molar-refractivity contribution in [3.8, 4) is 11.5 Å². The van der Waals surface area contributed by atoms with Crippen molar-refractivity contribution in [1.29, 1.82) is 0 Å². The van der Waals surface area contributed by atoms with E-state index in [-0.39, 0.29) is 0 Å². The molecule has 1 atom stereocenters. The topological polar surface area (TPSA) is 50.7 Å². The molecule has 17 heavy (non-hydrogen) atoms. The zero-order valence-electron chi connectivity index (χ0n) is 10.1. The van der Waals surface area contributed by atoms with Gasteiger partial charge in [0.05, 0.1) is 7.11 Å². The average Bonchev–Trinajstić information content (AvgIpc) is 3.18. The van der Waals surface area contributed by atoms with Crippen LogP contribution in [0.25, 0.3) is 0 Å². The van der Waals surface area contributed by atoms with Crippen molar-refractivity contribution in [2.45, 2.75) is 25.0 Å². The summed E-state index contributed by atoms with van der Waals surface area (Å²) < 4.78 is 10.5. The van der Waals surface area contributed by atoms with Gasteiger partial charge in [-0.1, -0.05) is 0 Å². The molecule has 2 N–H and O–H groups in total. The predicted molar refractivity (Wildman–Crippen MR) is 65.5 cm³/mol. The van der Waals surface area contributed by atoms with Crippen LogP contribution in [0, 0.1) is 0 Å². The van der Waals surface area contributed by atoms with Gasteiger partial charge >= 0.3 is 0 Å². The Hall–Kier alpha value is -1.26. The Labute approximate surface area is 102 Å². The number of hydrogen-bond donors (Lipinski definition) is 2. The molecule has 0 bridgehead atoms. The first-order chi connectivity index (χ1) is 8.28. The summed E-state index contributed by atoms with van der Waals surface area (Å²) in [6, 6.07) is 7.96. The highest BCUT2D eigenvalue weighted by atomic mass is 16.5. The van der Waals surface area contributed by atoms with Gasteiger partial charge in [0, 0.05) is 12.6 Å². The molecule has 0 amide bonds. The van der Waals surface area contributed by atoms with Crippen molar-refractivity contribution in [2.75, 3.05) is 20.3 Å². The summed E-state index contributed by atoms with van der Waals surface area (Å²) in [6.45, 7) is 0.910. The van der Waals surface area contributed by atoms with E-state index in [1.54, 1.807) is 7.11 Å². The van der Waals surface area contributed by atoms with Gasteiger partial charge in [-0.05, 0) is 37.1 Å². The second-order valence-corrected chi connectivity index (χ2v) is 4.32. The first-order valence-corrected chi connectivity index (χ1v) is 5.96. The highest BCUT2D eigenvalue weighted by Gasteiger charge is 2.21. The molecular weight excluding hydrogens is 218 g/mol. The van der Waals surface area contributed by atoms with E-state index in [0.717, 1.165) is 11.5 Å². The molecule has 1 fully saturated rings. The van der Waals surface area contributed by atoms with Crippen LogP contribution >= 0.6 is 0 Å². The predicted octanol–water partition coefficient (Wildman–Crippen LogP) is 1.19. The van der Waals surface area contributed by atoms with E-state index in [9.17, 15) is 5.11 Å². The Morgan fingerprint density at radius 3 is 2.53 bits per heavy atom. The minimum Gasteiger partial charge on any atom is -0.497 e. The van der Waals surface area contributed by atoms with Crippen LogP contribution in [0.3, 0.4) is 0 Å². The fourth-order valence-electron chi connectivity index (χ4n) is 1.51. The molecule has 1 aromatic rings. The maximum absolute atomic E-state index is 9.68. The fourth-order valence-corrected chi connectivity index (χ4v) is 1.51. The van der Waals surface area contributed by atoms with Gasteiger partial charge in [-0.25, -0.2) is 0 Å². The summed E-state index contributed by atoms with van der Waals surface area (Å²) >= 11 is 0. The number of methoxy groups -OCH3 is 1. The van der Waals surface area contributed by atoms with Gasteiger partial charge in [-0.15, -0.1) is 0 Å². The Morgan fingerprint density at radius 1 is 1.29 bits per heavy atom. The number of aliphatic hydroxyl groups excluding tert-OH is 1. The van der Waals surface area contributed by atoms with Gasteiger partial charge < -0.3 is 19.9 Å². The fraction of sp³-hybridized carbons (Fsp3) is 0.538. The highest BCUT2D eigenvalue weighted by Crippen LogP contribution is 2.19. The molecule has 2 rings (SSSR count). The van der Waals surface area contributed by atoms with Crippen molar-refractivity contribution >= 4 is 0 Å². The molecule has 1 aliphatic rings. The minimum absolute atomic E-state index is 0.312. The van der Waals surface area contributed by atoms with E-state index >= 15 is 0 Å².